The summed E-state index contributed by atoms with van der Waals surface area (Å²) >= 11 is 0. The Bertz CT molecular complexity index is 640. The molecule has 0 aliphatic heterocycles. The van der Waals surface area contributed by atoms with Crippen LogP contribution in [0.3, 0.4) is 0 Å². The Labute approximate surface area is 126 Å². The SMILES string of the molecule is Cc1cc(C(=O)NCC2CCC(C)C2)cc(S(N)(=O)=O)c1. The Kier molecular flexibility index (Phi) is 4.68. The molecule has 2 atom stereocenters. The number of aryl methyl sites for hydroxylation is 1. The van der Waals surface area contributed by atoms with E-state index in [2.05, 4.69) is 12.2 Å². The molecule has 0 spiro atoms. The normalized spacial score (nSPS) is 22.2. The van der Waals surface area contributed by atoms with Gasteiger partial charge in [-0.25, -0.2) is 13.6 Å². The molecule has 1 fully saturated rings. The number of hydrogen-bond acceptors (Lipinski definition) is 3. The number of hydrogen-bond donors (Lipinski definition) is 2. The van der Waals surface area contributed by atoms with Crippen LogP contribution in [0.2, 0.25) is 0 Å². The second kappa shape index (κ2) is 6.15. The van der Waals surface area contributed by atoms with E-state index in [4.69, 9.17) is 5.14 Å². The minimum absolute atomic E-state index is 0.0258. The third kappa shape index (κ3) is 4.28. The molecular formula is C15H22N2O3S. The van der Waals surface area contributed by atoms with Crippen LogP contribution in [0.5, 0.6) is 0 Å². The van der Waals surface area contributed by atoms with Crippen molar-refractivity contribution in [3.05, 3.63) is 29.3 Å². The average molecular weight is 310 g/mol. The van der Waals surface area contributed by atoms with Gasteiger partial charge in [0, 0.05) is 12.1 Å². The smallest absolute Gasteiger partial charge is 0.251 e. The lowest BCUT2D eigenvalue weighted by Gasteiger charge is -2.12. The number of rotatable bonds is 4. The molecule has 5 nitrogen and oxygen atoms in total. The van der Waals surface area contributed by atoms with E-state index in [1.807, 2.05) is 0 Å². The van der Waals surface area contributed by atoms with Crippen molar-refractivity contribution in [2.75, 3.05) is 6.54 Å². The number of amides is 1. The fraction of sp³-hybridized carbons (Fsp3) is 0.533. The summed E-state index contributed by atoms with van der Waals surface area (Å²) in [6.45, 7) is 4.60. The van der Waals surface area contributed by atoms with Gasteiger partial charge in [-0.15, -0.1) is 0 Å². The van der Waals surface area contributed by atoms with E-state index < -0.39 is 10.0 Å². The summed E-state index contributed by atoms with van der Waals surface area (Å²) in [5, 5.41) is 8.02. The van der Waals surface area contributed by atoms with Crippen LogP contribution in [0.25, 0.3) is 0 Å². The molecule has 2 rings (SSSR count). The van der Waals surface area contributed by atoms with Crippen LogP contribution in [0.1, 0.15) is 42.1 Å². The highest BCUT2D eigenvalue weighted by Gasteiger charge is 2.22. The molecule has 116 valence electrons. The molecule has 1 aromatic carbocycles. The number of carbonyl (C=O) groups excluding carboxylic acids is 1. The van der Waals surface area contributed by atoms with E-state index in [1.54, 1.807) is 13.0 Å². The summed E-state index contributed by atoms with van der Waals surface area (Å²) in [6.07, 6.45) is 3.48. The van der Waals surface area contributed by atoms with Gasteiger partial charge in [-0.05, 0) is 55.4 Å². The first-order chi connectivity index (χ1) is 9.75. The predicted octanol–water partition coefficient (Wildman–Crippen LogP) is 1.81. The van der Waals surface area contributed by atoms with Crippen molar-refractivity contribution in [1.82, 2.24) is 5.32 Å². The van der Waals surface area contributed by atoms with Gasteiger partial charge in [-0.2, -0.15) is 0 Å². The minimum atomic E-state index is -3.80. The number of benzene rings is 1. The predicted molar refractivity (Wildman–Crippen MR) is 81.4 cm³/mol. The average Bonchev–Trinajstić information content (AvgIpc) is 2.80. The van der Waals surface area contributed by atoms with Gasteiger partial charge < -0.3 is 5.32 Å². The monoisotopic (exact) mass is 310 g/mol. The second-order valence-electron chi connectivity index (χ2n) is 6.07. The number of primary sulfonamides is 1. The zero-order valence-electron chi connectivity index (χ0n) is 12.4. The number of sulfonamides is 1. The van der Waals surface area contributed by atoms with Crippen LogP contribution in [-0.2, 0) is 10.0 Å². The maximum atomic E-state index is 12.2. The third-order valence-electron chi connectivity index (χ3n) is 4.00. The van der Waals surface area contributed by atoms with Gasteiger partial charge in [0.25, 0.3) is 5.91 Å². The lowest BCUT2D eigenvalue weighted by atomic mass is 10.1. The highest BCUT2D eigenvalue weighted by atomic mass is 32.2. The summed E-state index contributed by atoms with van der Waals surface area (Å²) in [5.74, 6) is 0.995. The molecule has 1 aliphatic carbocycles. The molecule has 2 unspecified atom stereocenters. The summed E-state index contributed by atoms with van der Waals surface area (Å²) in [6, 6.07) is 4.46. The van der Waals surface area contributed by atoms with Crippen LogP contribution < -0.4 is 10.5 Å². The summed E-state index contributed by atoms with van der Waals surface area (Å²) in [7, 11) is -3.80. The van der Waals surface area contributed by atoms with Gasteiger partial charge in [0.1, 0.15) is 0 Å². The van der Waals surface area contributed by atoms with Crippen molar-refractivity contribution < 1.29 is 13.2 Å². The van der Waals surface area contributed by atoms with Crippen molar-refractivity contribution in [1.29, 1.82) is 0 Å². The van der Waals surface area contributed by atoms with E-state index in [0.29, 0.717) is 23.6 Å². The molecular weight excluding hydrogens is 288 g/mol. The lowest BCUT2D eigenvalue weighted by molar-refractivity contribution is 0.0947. The fourth-order valence-corrected chi connectivity index (χ4v) is 3.53. The number of nitrogens with two attached hydrogens (primary N) is 1. The molecule has 6 heteroatoms. The van der Waals surface area contributed by atoms with Gasteiger partial charge in [-0.1, -0.05) is 13.3 Å². The van der Waals surface area contributed by atoms with Crippen molar-refractivity contribution >= 4 is 15.9 Å². The minimum Gasteiger partial charge on any atom is -0.352 e. The summed E-state index contributed by atoms with van der Waals surface area (Å²) in [5.41, 5.74) is 1.03. The van der Waals surface area contributed by atoms with Crippen LogP contribution in [0, 0.1) is 18.8 Å². The summed E-state index contributed by atoms with van der Waals surface area (Å²) < 4.78 is 22.8. The molecule has 1 amide bonds. The highest BCUT2D eigenvalue weighted by molar-refractivity contribution is 7.89. The van der Waals surface area contributed by atoms with Crippen LogP contribution in [-0.4, -0.2) is 20.9 Å². The number of carbonyl (C=O) groups is 1. The first kappa shape index (κ1) is 16.0. The van der Waals surface area contributed by atoms with Crippen molar-refractivity contribution in [2.24, 2.45) is 17.0 Å². The van der Waals surface area contributed by atoms with Crippen LogP contribution in [0.15, 0.2) is 23.1 Å². The second-order valence-corrected chi connectivity index (χ2v) is 7.64. The summed E-state index contributed by atoms with van der Waals surface area (Å²) in [4.78, 5) is 12.1. The highest BCUT2D eigenvalue weighted by Crippen LogP contribution is 2.29. The molecule has 1 aliphatic rings. The van der Waals surface area contributed by atoms with E-state index in [9.17, 15) is 13.2 Å². The van der Waals surface area contributed by atoms with Crippen molar-refractivity contribution in [2.45, 2.75) is 38.0 Å². The molecule has 1 saturated carbocycles. The standard InChI is InChI=1S/C15H22N2O3S/c1-10-3-4-12(5-10)9-17-15(18)13-6-11(2)7-14(8-13)21(16,19)20/h6-8,10,12H,3-5,9H2,1-2H3,(H,17,18)(H2,16,19,20). The zero-order valence-corrected chi connectivity index (χ0v) is 13.2. The van der Waals surface area contributed by atoms with Crippen LogP contribution >= 0.6 is 0 Å². The maximum Gasteiger partial charge on any atom is 0.251 e. The zero-order chi connectivity index (χ0) is 15.6. The Balaban J connectivity index is 2.07. The van der Waals surface area contributed by atoms with Gasteiger partial charge in [0.05, 0.1) is 4.90 Å². The molecule has 21 heavy (non-hydrogen) atoms. The Morgan fingerprint density at radius 1 is 1.33 bits per heavy atom. The molecule has 0 radical (unpaired) electrons. The molecule has 3 N–H and O–H groups in total. The Morgan fingerprint density at radius 2 is 2.05 bits per heavy atom. The quantitative estimate of drug-likeness (QED) is 0.888. The third-order valence-corrected chi connectivity index (χ3v) is 4.89. The van der Waals surface area contributed by atoms with E-state index in [-0.39, 0.29) is 10.8 Å². The fourth-order valence-electron chi connectivity index (χ4n) is 2.89. The molecule has 0 bridgehead atoms. The molecule has 0 heterocycles. The topological polar surface area (TPSA) is 89.3 Å². The van der Waals surface area contributed by atoms with Gasteiger partial charge in [0.2, 0.25) is 10.0 Å². The first-order valence-electron chi connectivity index (χ1n) is 7.18. The van der Waals surface area contributed by atoms with E-state index in [1.165, 1.54) is 18.6 Å². The van der Waals surface area contributed by atoms with Crippen molar-refractivity contribution in [3.8, 4) is 0 Å². The molecule has 0 aromatic heterocycles. The van der Waals surface area contributed by atoms with Crippen LogP contribution in [0.4, 0.5) is 0 Å². The Hall–Kier alpha value is -1.40. The lowest BCUT2D eigenvalue weighted by Crippen LogP contribution is -2.28. The van der Waals surface area contributed by atoms with E-state index >= 15 is 0 Å². The first-order valence-corrected chi connectivity index (χ1v) is 8.73. The van der Waals surface area contributed by atoms with E-state index in [0.717, 1.165) is 18.8 Å². The largest absolute Gasteiger partial charge is 0.352 e. The number of nitrogens with one attached hydrogen (secondary N) is 1. The maximum absolute atomic E-state index is 12.2. The molecule has 0 saturated heterocycles. The van der Waals surface area contributed by atoms with Gasteiger partial charge >= 0.3 is 0 Å². The molecule has 1 aromatic rings. The van der Waals surface area contributed by atoms with Gasteiger partial charge in [-0.3, -0.25) is 4.79 Å². The van der Waals surface area contributed by atoms with Gasteiger partial charge in [0.15, 0.2) is 0 Å². The van der Waals surface area contributed by atoms with Crippen molar-refractivity contribution in [3.63, 3.8) is 0 Å². The Morgan fingerprint density at radius 3 is 2.62 bits per heavy atom.